The number of hydrogen-bond acceptors (Lipinski definition) is 8. The highest BCUT2D eigenvalue weighted by Crippen LogP contribution is 2.54. The van der Waals surface area contributed by atoms with Crippen molar-refractivity contribution in [2.75, 3.05) is 30.9 Å². The third-order valence-electron chi connectivity index (χ3n) is 7.71. The third-order valence-corrected chi connectivity index (χ3v) is 8.33. The predicted molar refractivity (Wildman–Crippen MR) is 149 cm³/mol. The number of pyridine rings is 2. The summed E-state index contributed by atoms with van der Waals surface area (Å²) in [6.45, 7) is 1.12. The van der Waals surface area contributed by atoms with E-state index in [1.807, 2.05) is 12.1 Å². The van der Waals surface area contributed by atoms with Gasteiger partial charge in [0.15, 0.2) is 6.23 Å². The van der Waals surface area contributed by atoms with Crippen LogP contribution in [-0.2, 0) is 9.47 Å². The Hall–Kier alpha value is -3.60. The largest absolute Gasteiger partial charge is 0.477 e. The SMILES string of the molecule is COC1CC=C(Cl)C(OCC23CC(CN2c2cc4c(cc2Cl)c(=O)c(C(=O)O)cn4-c2ccc(N)nc2)C3)=N1. The molecule has 10 nitrogen and oxygen atoms in total. The van der Waals surface area contributed by atoms with E-state index in [1.54, 1.807) is 29.9 Å². The number of dihydropyridines is 1. The minimum absolute atomic E-state index is 0.191. The Bertz CT molecular complexity index is 1610. The average molecular weight is 570 g/mol. The number of hydrogen-bond donors (Lipinski definition) is 2. The number of aliphatic imine (C=N–C) groups is 1. The molecule has 7 rings (SSSR count). The summed E-state index contributed by atoms with van der Waals surface area (Å²) >= 11 is 13.1. The standard InChI is InChI=1S/C27H25Cl2N5O5/c1-38-23-5-3-18(28)25(32-23)39-13-27-8-14(9-27)11-34(27)21-7-20-16(6-19(21)29)24(35)17(26(36)37)12-33(20)15-2-4-22(30)31-10-15/h2-4,6-7,10,12,14,23H,5,8-9,11,13H2,1H3,(H2,30,31)(H,36,37). The molecule has 1 atom stereocenters. The second-order valence-electron chi connectivity index (χ2n) is 10.1. The Morgan fingerprint density at radius 1 is 1.28 bits per heavy atom. The number of carboxylic acid groups (broad SMARTS) is 1. The molecular weight excluding hydrogens is 545 g/mol. The summed E-state index contributed by atoms with van der Waals surface area (Å²) in [4.78, 5) is 35.8. The highest BCUT2D eigenvalue weighted by molar-refractivity contribution is 6.42. The number of nitrogen functional groups attached to an aromatic ring is 1. The molecule has 1 aromatic carbocycles. The second-order valence-corrected chi connectivity index (χ2v) is 10.9. The fraction of sp³-hybridized carbons (Fsp3) is 0.333. The first-order valence-corrected chi connectivity index (χ1v) is 13.2. The molecule has 4 aliphatic rings. The summed E-state index contributed by atoms with van der Waals surface area (Å²) in [5.74, 6) is -0.177. The van der Waals surface area contributed by atoms with Gasteiger partial charge in [0.05, 0.1) is 38.7 Å². The smallest absolute Gasteiger partial charge is 0.341 e. The van der Waals surface area contributed by atoms with Crippen molar-refractivity contribution in [2.45, 2.75) is 31.0 Å². The molecule has 0 spiro atoms. The Morgan fingerprint density at radius 3 is 2.77 bits per heavy atom. The summed E-state index contributed by atoms with van der Waals surface area (Å²) in [6.07, 6.45) is 6.75. The number of carboxylic acids is 1. The first kappa shape index (κ1) is 25.7. The Labute approximate surface area is 233 Å². The van der Waals surface area contributed by atoms with Crippen LogP contribution in [0.2, 0.25) is 5.02 Å². The van der Waals surface area contributed by atoms with Crippen LogP contribution in [0.25, 0.3) is 16.6 Å². The van der Waals surface area contributed by atoms with Crippen molar-refractivity contribution >= 4 is 57.5 Å². The molecule has 12 heteroatoms. The molecule has 5 heterocycles. The molecule has 0 radical (unpaired) electrons. The first-order chi connectivity index (χ1) is 18.7. The minimum atomic E-state index is -1.33. The molecule has 1 saturated carbocycles. The highest BCUT2D eigenvalue weighted by Gasteiger charge is 2.57. The van der Waals surface area contributed by atoms with Crippen molar-refractivity contribution in [1.82, 2.24) is 9.55 Å². The van der Waals surface area contributed by atoms with E-state index in [2.05, 4.69) is 14.9 Å². The maximum atomic E-state index is 13.1. The van der Waals surface area contributed by atoms with Crippen LogP contribution in [0.15, 0.2) is 57.6 Å². The number of nitrogens with two attached hydrogens (primary N) is 1. The topological polar surface area (TPSA) is 132 Å². The van der Waals surface area contributed by atoms with Gasteiger partial charge in [0.25, 0.3) is 0 Å². The van der Waals surface area contributed by atoms with Crippen LogP contribution in [0.4, 0.5) is 11.5 Å². The number of anilines is 2. The summed E-state index contributed by atoms with van der Waals surface area (Å²) in [6, 6.07) is 6.69. The monoisotopic (exact) mass is 569 g/mol. The van der Waals surface area contributed by atoms with Crippen LogP contribution in [0, 0.1) is 5.92 Å². The molecule has 39 heavy (non-hydrogen) atoms. The first-order valence-electron chi connectivity index (χ1n) is 12.4. The number of halogens is 2. The highest BCUT2D eigenvalue weighted by atomic mass is 35.5. The van der Waals surface area contributed by atoms with Crippen molar-refractivity contribution in [1.29, 1.82) is 0 Å². The van der Waals surface area contributed by atoms with Crippen LogP contribution < -0.4 is 16.1 Å². The van der Waals surface area contributed by atoms with Crippen LogP contribution in [0.3, 0.4) is 0 Å². The Morgan fingerprint density at radius 2 is 2.08 bits per heavy atom. The van der Waals surface area contributed by atoms with Crippen molar-refractivity contribution in [3.05, 3.63) is 68.6 Å². The summed E-state index contributed by atoms with van der Waals surface area (Å²) in [5, 5.41) is 10.7. The van der Waals surface area contributed by atoms with Gasteiger partial charge in [-0.1, -0.05) is 29.3 Å². The number of benzene rings is 1. The molecule has 3 N–H and O–H groups in total. The van der Waals surface area contributed by atoms with Gasteiger partial charge in [-0.2, -0.15) is 0 Å². The molecule has 3 fully saturated rings. The molecule has 2 bridgehead atoms. The van der Waals surface area contributed by atoms with E-state index in [-0.39, 0.29) is 22.7 Å². The van der Waals surface area contributed by atoms with E-state index in [0.717, 1.165) is 25.1 Å². The number of nitrogens with zero attached hydrogens (tertiary/aromatic N) is 4. The summed E-state index contributed by atoms with van der Waals surface area (Å²) in [5.41, 5.74) is 6.24. The van der Waals surface area contributed by atoms with Gasteiger partial charge in [0, 0.05) is 31.7 Å². The van der Waals surface area contributed by atoms with Crippen molar-refractivity contribution in [2.24, 2.45) is 10.9 Å². The van der Waals surface area contributed by atoms with E-state index >= 15 is 0 Å². The molecule has 202 valence electrons. The lowest BCUT2D eigenvalue weighted by atomic mass is 9.73. The number of aromatic nitrogens is 2. The number of fused-ring (bicyclic) bond motifs is 2. The molecule has 2 aromatic heterocycles. The zero-order chi connectivity index (χ0) is 27.5. The minimum Gasteiger partial charge on any atom is -0.477 e. The summed E-state index contributed by atoms with van der Waals surface area (Å²) in [7, 11) is 1.59. The van der Waals surface area contributed by atoms with Crippen molar-refractivity contribution in [3.63, 3.8) is 0 Å². The molecule has 3 aromatic rings. The van der Waals surface area contributed by atoms with Gasteiger partial charge in [-0.25, -0.2) is 14.8 Å². The van der Waals surface area contributed by atoms with Gasteiger partial charge < -0.3 is 29.8 Å². The van der Waals surface area contributed by atoms with E-state index in [1.165, 1.54) is 12.4 Å². The van der Waals surface area contributed by atoms with E-state index in [9.17, 15) is 14.7 Å². The van der Waals surface area contributed by atoms with Gasteiger partial charge >= 0.3 is 5.97 Å². The fourth-order valence-electron chi connectivity index (χ4n) is 5.81. The number of methoxy groups -OCH3 is 1. The van der Waals surface area contributed by atoms with Crippen molar-refractivity contribution in [3.8, 4) is 5.69 Å². The van der Waals surface area contributed by atoms with E-state index < -0.39 is 11.4 Å². The van der Waals surface area contributed by atoms with Gasteiger partial charge in [-0.05, 0) is 43.0 Å². The maximum Gasteiger partial charge on any atom is 0.341 e. The normalized spacial score (nSPS) is 23.8. The molecule has 1 aliphatic carbocycles. The molecule has 3 aliphatic heterocycles. The van der Waals surface area contributed by atoms with Crippen LogP contribution in [-0.4, -0.2) is 58.6 Å². The molecule has 1 unspecified atom stereocenters. The number of ether oxygens (including phenoxy) is 2. The lowest BCUT2D eigenvalue weighted by Crippen LogP contribution is -2.50. The predicted octanol–water partition coefficient (Wildman–Crippen LogP) is 4.20. The van der Waals surface area contributed by atoms with Crippen LogP contribution in [0.5, 0.6) is 0 Å². The second kappa shape index (κ2) is 9.55. The van der Waals surface area contributed by atoms with Gasteiger partial charge in [0.2, 0.25) is 11.3 Å². The van der Waals surface area contributed by atoms with Crippen molar-refractivity contribution < 1.29 is 19.4 Å². The molecule has 0 amide bonds. The van der Waals surface area contributed by atoms with Gasteiger partial charge in [0.1, 0.15) is 18.0 Å². The molecule has 2 saturated heterocycles. The maximum absolute atomic E-state index is 13.1. The quantitative estimate of drug-likeness (QED) is 0.451. The van der Waals surface area contributed by atoms with Gasteiger partial charge in [-0.3, -0.25) is 4.79 Å². The zero-order valence-corrected chi connectivity index (χ0v) is 22.4. The summed E-state index contributed by atoms with van der Waals surface area (Å²) < 4.78 is 13.1. The average Bonchev–Trinajstić information content (AvgIpc) is 3.44. The number of carbonyl (C=O) groups is 1. The lowest BCUT2D eigenvalue weighted by molar-refractivity contribution is 0.0695. The van der Waals surface area contributed by atoms with Gasteiger partial charge in [-0.15, -0.1) is 0 Å². The fourth-order valence-corrected chi connectivity index (χ4v) is 6.27. The lowest BCUT2D eigenvalue weighted by Gasteiger charge is -2.43. The van der Waals surface area contributed by atoms with Crippen LogP contribution >= 0.6 is 23.2 Å². The Balaban J connectivity index is 1.42. The Kier molecular flexibility index (Phi) is 6.28. The number of rotatable bonds is 6. The van der Waals surface area contributed by atoms with Crippen LogP contribution in [0.1, 0.15) is 29.6 Å². The van der Waals surface area contributed by atoms with E-state index in [4.69, 9.17) is 38.4 Å². The third kappa shape index (κ3) is 4.32. The number of aromatic carboxylic acids is 1. The van der Waals surface area contributed by atoms with E-state index in [0.29, 0.717) is 51.9 Å². The molecular formula is C27H25Cl2N5O5. The zero-order valence-electron chi connectivity index (χ0n) is 20.9.